The van der Waals surface area contributed by atoms with Crippen LogP contribution in [0.1, 0.15) is 39.5 Å². The average molecular weight is 307 g/mol. The lowest BCUT2D eigenvalue weighted by Crippen LogP contribution is -2.44. The third-order valence-corrected chi connectivity index (χ3v) is 4.77. The molecule has 7 nitrogen and oxygen atoms in total. The highest BCUT2D eigenvalue weighted by molar-refractivity contribution is 7.86. The molecule has 0 aliphatic heterocycles. The number of carboxylic acid groups (broad SMARTS) is 1. The fourth-order valence-corrected chi connectivity index (χ4v) is 3.34. The first-order valence-corrected chi connectivity index (χ1v) is 8.11. The zero-order valence-electron chi connectivity index (χ0n) is 11.6. The van der Waals surface area contributed by atoms with Crippen LogP contribution in [-0.2, 0) is 19.7 Å². The van der Waals surface area contributed by atoms with Crippen LogP contribution in [-0.4, -0.2) is 41.2 Å². The third-order valence-electron chi connectivity index (χ3n) is 3.50. The Morgan fingerprint density at radius 2 is 1.90 bits per heavy atom. The predicted molar refractivity (Wildman–Crippen MR) is 71.7 cm³/mol. The molecule has 1 amide bonds. The van der Waals surface area contributed by atoms with Crippen LogP contribution < -0.4 is 5.32 Å². The van der Waals surface area contributed by atoms with Crippen molar-refractivity contribution in [1.82, 2.24) is 5.32 Å². The summed E-state index contributed by atoms with van der Waals surface area (Å²) in [4.78, 5) is 23.0. The number of hydrogen-bond donors (Lipinski definition) is 3. The summed E-state index contributed by atoms with van der Waals surface area (Å²) >= 11 is 0. The molecule has 0 spiro atoms. The van der Waals surface area contributed by atoms with E-state index < -0.39 is 39.2 Å². The van der Waals surface area contributed by atoms with E-state index in [0.29, 0.717) is 12.8 Å². The van der Waals surface area contributed by atoms with Crippen LogP contribution in [0.25, 0.3) is 0 Å². The standard InChI is InChI=1S/C12H21NO6S/c1-7(2)5-10(12(15)16)13-11(14)8-3-4-9(6-8)20(17,18)19/h7-10H,3-6H2,1-2H3,(H,13,14)(H,15,16)(H,17,18,19)/t8?,9?,10-/m0/s1. The topological polar surface area (TPSA) is 121 Å². The van der Waals surface area contributed by atoms with Crippen molar-refractivity contribution in [1.29, 1.82) is 0 Å². The first-order valence-electron chi connectivity index (χ1n) is 6.60. The summed E-state index contributed by atoms with van der Waals surface area (Å²) in [6.45, 7) is 3.71. The van der Waals surface area contributed by atoms with Gasteiger partial charge in [0.1, 0.15) is 6.04 Å². The number of hydrogen-bond acceptors (Lipinski definition) is 4. The van der Waals surface area contributed by atoms with E-state index in [9.17, 15) is 18.0 Å². The maximum absolute atomic E-state index is 12.0. The lowest BCUT2D eigenvalue weighted by atomic mass is 10.0. The summed E-state index contributed by atoms with van der Waals surface area (Å²) in [5, 5.41) is 10.6. The van der Waals surface area contributed by atoms with Crippen molar-refractivity contribution in [3.63, 3.8) is 0 Å². The normalized spacial score (nSPS) is 24.6. The quantitative estimate of drug-likeness (QED) is 0.620. The van der Waals surface area contributed by atoms with Gasteiger partial charge in [-0.05, 0) is 31.6 Å². The number of carbonyl (C=O) groups is 2. The Balaban J connectivity index is 2.61. The molecule has 0 aromatic rings. The summed E-state index contributed by atoms with van der Waals surface area (Å²) in [5.74, 6) is -2.00. The summed E-state index contributed by atoms with van der Waals surface area (Å²) in [6.07, 6.45) is 0.914. The molecule has 116 valence electrons. The number of nitrogens with one attached hydrogen (secondary N) is 1. The van der Waals surface area contributed by atoms with Crippen molar-refractivity contribution in [2.24, 2.45) is 11.8 Å². The molecule has 1 fully saturated rings. The Bertz CT molecular complexity index is 472. The van der Waals surface area contributed by atoms with Crippen LogP contribution in [0.15, 0.2) is 0 Å². The Hall–Kier alpha value is -1.15. The number of carbonyl (C=O) groups excluding carboxylic acids is 1. The molecule has 0 aromatic heterocycles. The summed E-state index contributed by atoms with van der Waals surface area (Å²) in [5.41, 5.74) is 0. The molecule has 0 radical (unpaired) electrons. The first kappa shape index (κ1) is 16.9. The Morgan fingerprint density at radius 1 is 1.30 bits per heavy atom. The van der Waals surface area contributed by atoms with Crippen molar-refractivity contribution in [2.45, 2.75) is 50.8 Å². The number of rotatable bonds is 6. The van der Waals surface area contributed by atoms with Crippen LogP contribution >= 0.6 is 0 Å². The Labute approximate surface area is 118 Å². The monoisotopic (exact) mass is 307 g/mol. The smallest absolute Gasteiger partial charge is 0.326 e. The highest BCUT2D eigenvalue weighted by Gasteiger charge is 2.37. The molecule has 0 bridgehead atoms. The van der Waals surface area contributed by atoms with Crippen LogP contribution in [0.2, 0.25) is 0 Å². The Kier molecular flexibility index (Phi) is 5.52. The van der Waals surface area contributed by atoms with E-state index in [1.807, 2.05) is 13.8 Å². The lowest BCUT2D eigenvalue weighted by Gasteiger charge is -2.19. The van der Waals surface area contributed by atoms with Gasteiger partial charge in [-0.1, -0.05) is 13.8 Å². The highest BCUT2D eigenvalue weighted by atomic mass is 32.2. The summed E-state index contributed by atoms with van der Waals surface area (Å²) in [7, 11) is -4.13. The molecular weight excluding hydrogens is 286 g/mol. The molecule has 1 aliphatic carbocycles. The van der Waals surface area contributed by atoms with E-state index in [0.717, 1.165) is 0 Å². The van der Waals surface area contributed by atoms with Gasteiger partial charge in [0.15, 0.2) is 0 Å². The molecule has 2 unspecified atom stereocenters. The van der Waals surface area contributed by atoms with Gasteiger partial charge >= 0.3 is 5.97 Å². The largest absolute Gasteiger partial charge is 0.480 e. The van der Waals surface area contributed by atoms with Gasteiger partial charge < -0.3 is 10.4 Å². The van der Waals surface area contributed by atoms with Crippen LogP contribution in [0.5, 0.6) is 0 Å². The highest BCUT2D eigenvalue weighted by Crippen LogP contribution is 2.30. The maximum atomic E-state index is 12.0. The van der Waals surface area contributed by atoms with Gasteiger partial charge in [0.25, 0.3) is 10.1 Å². The van der Waals surface area contributed by atoms with Crippen molar-refractivity contribution >= 4 is 22.0 Å². The second kappa shape index (κ2) is 6.53. The minimum Gasteiger partial charge on any atom is -0.480 e. The Morgan fingerprint density at radius 3 is 2.30 bits per heavy atom. The molecule has 3 N–H and O–H groups in total. The predicted octanol–water partition coefficient (Wildman–Crippen LogP) is 0.658. The van der Waals surface area contributed by atoms with E-state index in [1.165, 1.54) is 0 Å². The molecular formula is C12H21NO6S. The molecule has 1 rings (SSSR count). The fraction of sp³-hybridized carbons (Fsp3) is 0.833. The van der Waals surface area contributed by atoms with Crippen molar-refractivity contribution < 1.29 is 27.7 Å². The molecule has 0 saturated heterocycles. The maximum Gasteiger partial charge on any atom is 0.326 e. The van der Waals surface area contributed by atoms with E-state index in [4.69, 9.17) is 9.66 Å². The van der Waals surface area contributed by atoms with Crippen LogP contribution in [0.4, 0.5) is 0 Å². The average Bonchev–Trinajstić information content (AvgIpc) is 2.75. The van der Waals surface area contributed by atoms with E-state index in [1.54, 1.807) is 0 Å². The molecule has 1 aliphatic rings. The number of amides is 1. The van der Waals surface area contributed by atoms with E-state index in [-0.39, 0.29) is 18.8 Å². The van der Waals surface area contributed by atoms with Crippen molar-refractivity contribution in [2.75, 3.05) is 0 Å². The lowest BCUT2D eigenvalue weighted by molar-refractivity contribution is -0.142. The van der Waals surface area contributed by atoms with Gasteiger partial charge in [-0.2, -0.15) is 8.42 Å². The van der Waals surface area contributed by atoms with Gasteiger partial charge in [0.05, 0.1) is 5.25 Å². The van der Waals surface area contributed by atoms with E-state index >= 15 is 0 Å². The minimum absolute atomic E-state index is 0.0404. The molecule has 1 saturated carbocycles. The van der Waals surface area contributed by atoms with Gasteiger partial charge in [-0.3, -0.25) is 9.35 Å². The van der Waals surface area contributed by atoms with Crippen molar-refractivity contribution in [3.05, 3.63) is 0 Å². The van der Waals surface area contributed by atoms with E-state index in [2.05, 4.69) is 5.32 Å². The minimum atomic E-state index is -4.13. The first-order chi connectivity index (χ1) is 9.11. The summed E-state index contributed by atoms with van der Waals surface area (Å²) < 4.78 is 31.0. The third kappa shape index (κ3) is 4.75. The van der Waals surface area contributed by atoms with Crippen LogP contribution in [0, 0.1) is 11.8 Å². The molecule has 3 atom stereocenters. The number of aliphatic carboxylic acids is 1. The fourth-order valence-electron chi connectivity index (χ4n) is 2.43. The SMILES string of the molecule is CC(C)C[C@H](NC(=O)C1CCC(S(=O)(=O)O)C1)C(=O)O. The van der Waals surface area contributed by atoms with Crippen molar-refractivity contribution in [3.8, 4) is 0 Å². The van der Waals surface area contributed by atoms with Crippen LogP contribution in [0.3, 0.4) is 0 Å². The second-order valence-corrected chi connectivity index (χ2v) is 7.37. The second-order valence-electron chi connectivity index (χ2n) is 5.68. The number of carboxylic acids is 1. The zero-order valence-corrected chi connectivity index (χ0v) is 12.4. The molecule has 0 heterocycles. The van der Waals surface area contributed by atoms with Gasteiger partial charge in [-0.25, -0.2) is 4.79 Å². The molecule has 0 aromatic carbocycles. The molecule has 8 heteroatoms. The van der Waals surface area contributed by atoms with Gasteiger partial charge in [0, 0.05) is 5.92 Å². The van der Waals surface area contributed by atoms with Gasteiger partial charge in [-0.15, -0.1) is 0 Å². The van der Waals surface area contributed by atoms with Gasteiger partial charge in [0.2, 0.25) is 5.91 Å². The zero-order chi connectivity index (χ0) is 15.5. The molecule has 20 heavy (non-hydrogen) atoms. The summed E-state index contributed by atoms with van der Waals surface area (Å²) in [6, 6.07) is -0.965.